The van der Waals surface area contributed by atoms with E-state index >= 15 is 0 Å². The van der Waals surface area contributed by atoms with E-state index in [1.54, 1.807) is 35.5 Å². The fraction of sp³-hybridized carbons (Fsp3) is 0.333. The maximum Gasteiger partial charge on any atom is 0.271 e. The third-order valence-corrected chi connectivity index (χ3v) is 4.45. The number of hydrogen-bond donors (Lipinski definition) is 2. The summed E-state index contributed by atoms with van der Waals surface area (Å²) in [6, 6.07) is 3.72. The lowest BCUT2D eigenvalue weighted by Gasteiger charge is -2.44. The summed E-state index contributed by atoms with van der Waals surface area (Å²) in [6.45, 7) is 1.85. The van der Waals surface area contributed by atoms with Gasteiger partial charge >= 0.3 is 0 Å². The van der Waals surface area contributed by atoms with E-state index in [9.17, 15) is 9.59 Å². The van der Waals surface area contributed by atoms with Crippen LogP contribution in [0.3, 0.4) is 0 Å². The number of amides is 1. The molecule has 0 unspecified atom stereocenters. The van der Waals surface area contributed by atoms with Crippen LogP contribution < -0.4 is 15.8 Å². The van der Waals surface area contributed by atoms with Crippen LogP contribution in [0.2, 0.25) is 0 Å². The Morgan fingerprint density at radius 2 is 2.31 bits per heavy atom. The molecule has 1 aliphatic rings. The SMILES string of the molecule is CNCC=CC(=O)N1CC(N(C)c2cc(-c3ccncn3)c[nH]c2=O)C1. The number of H-pyrrole nitrogens is 1. The van der Waals surface area contributed by atoms with Crippen molar-refractivity contribution < 1.29 is 4.79 Å². The fourth-order valence-electron chi connectivity index (χ4n) is 2.80. The second-order valence-corrected chi connectivity index (χ2v) is 6.17. The summed E-state index contributed by atoms with van der Waals surface area (Å²) >= 11 is 0. The number of rotatable bonds is 6. The van der Waals surface area contributed by atoms with Crippen molar-refractivity contribution in [1.82, 2.24) is 25.2 Å². The van der Waals surface area contributed by atoms with Crippen molar-refractivity contribution in [3.63, 3.8) is 0 Å². The Labute approximate surface area is 151 Å². The highest BCUT2D eigenvalue weighted by atomic mass is 16.2. The molecule has 2 aromatic heterocycles. The molecule has 1 amide bonds. The molecule has 0 atom stereocenters. The smallest absolute Gasteiger partial charge is 0.271 e. The molecule has 0 radical (unpaired) electrons. The Morgan fingerprint density at radius 3 is 3.00 bits per heavy atom. The molecule has 136 valence electrons. The molecule has 2 N–H and O–H groups in total. The van der Waals surface area contributed by atoms with E-state index in [0.717, 1.165) is 11.3 Å². The molecule has 2 aromatic rings. The first kappa shape index (κ1) is 17.8. The van der Waals surface area contributed by atoms with E-state index in [-0.39, 0.29) is 17.5 Å². The van der Waals surface area contributed by atoms with Crippen molar-refractivity contribution >= 4 is 11.6 Å². The van der Waals surface area contributed by atoms with Gasteiger partial charge in [-0.2, -0.15) is 0 Å². The summed E-state index contributed by atoms with van der Waals surface area (Å²) < 4.78 is 0. The molecular formula is C18H22N6O2. The van der Waals surface area contributed by atoms with Gasteiger partial charge in [0.05, 0.1) is 11.7 Å². The number of pyridine rings is 1. The Bertz CT molecular complexity index is 842. The largest absolute Gasteiger partial charge is 0.364 e. The fourth-order valence-corrected chi connectivity index (χ4v) is 2.80. The van der Waals surface area contributed by atoms with Gasteiger partial charge in [-0.1, -0.05) is 6.08 Å². The number of aromatic amines is 1. The molecule has 0 saturated carbocycles. The monoisotopic (exact) mass is 354 g/mol. The van der Waals surface area contributed by atoms with Gasteiger partial charge in [0.25, 0.3) is 5.56 Å². The molecule has 0 spiro atoms. The summed E-state index contributed by atoms with van der Waals surface area (Å²) in [6.07, 6.45) is 8.16. The standard InChI is InChI=1S/C18H22N6O2/c1-19-6-3-4-17(25)24-10-14(11-24)23(2)16-8-13(9-21-18(16)26)15-5-7-20-12-22-15/h3-5,7-9,12,14,19H,6,10-11H2,1-2H3,(H,21,26). The number of carbonyl (C=O) groups excluding carboxylic acids is 1. The molecular weight excluding hydrogens is 332 g/mol. The highest BCUT2D eigenvalue weighted by Gasteiger charge is 2.33. The molecule has 0 aromatic carbocycles. The Kier molecular flexibility index (Phi) is 5.43. The lowest BCUT2D eigenvalue weighted by atomic mass is 10.1. The van der Waals surface area contributed by atoms with E-state index in [0.29, 0.717) is 25.3 Å². The van der Waals surface area contributed by atoms with Gasteiger partial charge in [0.2, 0.25) is 5.91 Å². The van der Waals surface area contributed by atoms with Gasteiger partial charge in [-0.25, -0.2) is 9.97 Å². The summed E-state index contributed by atoms with van der Waals surface area (Å²) in [4.78, 5) is 38.8. The van der Waals surface area contributed by atoms with E-state index < -0.39 is 0 Å². The second kappa shape index (κ2) is 7.92. The summed E-state index contributed by atoms with van der Waals surface area (Å²) in [5.74, 6) is -0.00598. The quantitative estimate of drug-likeness (QED) is 0.723. The molecule has 3 rings (SSSR count). The van der Waals surface area contributed by atoms with Gasteiger partial charge in [0.1, 0.15) is 12.0 Å². The number of likely N-dealkylation sites (tertiary alicyclic amines) is 1. The lowest BCUT2D eigenvalue weighted by molar-refractivity contribution is -0.130. The van der Waals surface area contributed by atoms with Gasteiger partial charge in [0, 0.05) is 50.7 Å². The van der Waals surface area contributed by atoms with Crippen LogP contribution >= 0.6 is 0 Å². The first-order valence-electron chi connectivity index (χ1n) is 8.42. The van der Waals surface area contributed by atoms with Crippen molar-refractivity contribution in [2.75, 3.05) is 38.6 Å². The van der Waals surface area contributed by atoms with Crippen LogP contribution in [0.1, 0.15) is 0 Å². The molecule has 0 bridgehead atoms. The zero-order chi connectivity index (χ0) is 18.5. The number of hydrogen-bond acceptors (Lipinski definition) is 6. The van der Waals surface area contributed by atoms with Crippen molar-refractivity contribution in [2.24, 2.45) is 0 Å². The van der Waals surface area contributed by atoms with E-state index in [4.69, 9.17) is 0 Å². The van der Waals surface area contributed by atoms with Crippen LogP contribution in [0, 0.1) is 0 Å². The van der Waals surface area contributed by atoms with E-state index in [1.807, 2.05) is 25.1 Å². The van der Waals surface area contributed by atoms with Crippen molar-refractivity contribution in [3.8, 4) is 11.3 Å². The Hall–Kier alpha value is -3.00. The third-order valence-electron chi connectivity index (χ3n) is 4.45. The van der Waals surface area contributed by atoms with Crippen LogP contribution in [-0.4, -0.2) is 65.5 Å². The molecule has 1 fully saturated rings. The Balaban J connectivity index is 1.69. The lowest BCUT2D eigenvalue weighted by Crippen LogP contribution is -2.60. The summed E-state index contributed by atoms with van der Waals surface area (Å²) in [5.41, 5.74) is 1.95. The van der Waals surface area contributed by atoms with Crippen molar-refractivity contribution in [3.05, 3.63) is 53.4 Å². The number of nitrogens with zero attached hydrogens (tertiary/aromatic N) is 4. The second-order valence-electron chi connectivity index (χ2n) is 6.17. The third kappa shape index (κ3) is 3.80. The van der Waals surface area contributed by atoms with Gasteiger partial charge < -0.3 is 20.1 Å². The zero-order valence-electron chi connectivity index (χ0n) is 14.8. The number of nitrogens with one attached hydrogen (secondary N) is 2. The minimum Gasteiger partial charge on any atom is -0.364 e. The average Bonchev–Trinajstić information content (AvgIpc) is 2.61. The maximum atomic E-state index is 12.2. The topological polar surface area (TPSA) is 94.2 Å². The van der Waals surface area contributed by atoms with Gasteiger partial charge in [-0.3, -0.25) is 9.59 Å². The first-order valence-corrected chi connectivity index (χ1v) is 8.42. The number of aromatic nitrogens is 3. The van der Waals surface area contributed by atoms with Gasteiger partial charge in [-0.05, 0) is 19.2 Å². The van der Waals surface area contributed by atoms with Crippen LogP contribution in [-0.2, 0) is 4.79 Å². The van der Waals surface area contributed by atoms with Crippen LogP contribution in [0.25, 0.3) is 11.3 Å². The number of carbonyl (C=O) groups is 1. The normalized spacial score (nSPS) is 14.5. The number of anilines is 1. The number of likely N-dealkylation sites (N-methyl/N-ethyl adjacent to an activating group) is 2. The van der Waals surface area contributed by atoms with E-state index in [2.05, 4.69) is 20.3 Å². The average molecular weight is 354 g/mol. The minimum absolute atomic E-state index is 0.00598. The highest BCUT2D eigenvalue weighted by molar-refractivity contribution is 5.88. The van der Waals surface area contributed by atoms with Crippen LogP contribution in [0.5, 0.6) is 0 Å². The summed E-state index contributed by atoms with van der Waals surface area (Å²) in [5, 5.41) is 2.96. The van der Waals surface area contributed by atoms with Crippen molar-refractivity contribution in [1.29, 1.82) is 0 Å². The predicted octanol–water partition coefficient (Wildman–Crippen LogP) is 0.254. The maximum absolute atomic E-state index is 12.2. The summed E-state index contributed by atoms with van der Waals surface area (Å²) in [7, 11) is 3.70. The molecule has 0 aliphatic carbocycles. The molecule has 1 saturated heterocycles. The molecule has 8 heteroatoms. The first-order chi connectivity index (χ1) is 12.6. The van der Waals surface area contributed by atoms with Crippen molar-refractivity contribution in [2.45, 2.75) is 6.04 Å². The zero-order valence-corrected chi connectivity index (χ0v) is 14.8. The molecule has 26 heavy (non-hydrogen) atoms. The predicted molar refractivity (Wildman–Crippen MR) is 99.9 cm³/mol. The molecule has 3 heterocycles. The van der Waals surface area contributed by atoms with Crippen LogP contribution in [0.15, 0.2) is 47.8 Å². The van der Waals surface area contributed by atoms with E-state index in [1.165, 1.54) is 6.33 Å². The van der Waals surface area contributed by atoms with Gasteiger partial charge in [-0.15, -0.1) is 0 Å². The van der Waals surface area contributed by atoms with Gasteiger partial charge in [0.15, 0.2) is 0 Å². The Morgan fingerprint density at radius 1 is 1.50 bits per heavy atom. The van der Waals surface area contributed by atoms with Crippen LogP contribution in [0.4, 0.5) is 5.69 Å². The minimum atomic E-state index is -0.163. The highest BCUT2D eigenvalue weighted by Crippen LogP contribution is 2.22. The molecule has 1 aliphatic heterocycles. The molecule has 8 nitrogen and oxygen atoms in total.